The Bertz CT molecular complexity index is 945. The maximum atomic E-state index is 12.8. The highest BCUT2D eigenvalue weighted by molar-refractivity contribution is 6.25. The molecule has 1 fully saturated rings. The van der Waals surface area contributed by atoms with Gasteiger partial charge >= 0.3 is 6.09 Å². The number of rotatable bonds is 5. The molecule has 7 nitrogen and oxygen atoms in total. The number of carbonyl (C=O) groups excluding carboxylic acids is 3. The van der Waals surface area contributed by atoms with Gasteiger partial charge in [-0.1, -0.05) is 24.3 Å². The van der Waals surface area contributed by atoms with E-state index in [1.807, 2.05) is 36.4 Å². The number of anilines is 1. The number of carbonyl (C=O) groups is 3. The molecule has 2 aliphatic heterocycles. The predicted molar refractivity (Wildman–Crippen MR) is 110 cm³/mol. The fourth-order valence-corrected chi connectivity index (χ4v) is 4.10. The lowest BCUT2D eigenvalue weighted by Gasteiger charge is -2.34. The van der Waals surface area contributed by atoms with Gasteiger partial charge in [-0.25, -0.2) is 4.79 Å². The summed E-state index contributed by atoms with van der Waals surface area (Å²) in [5.74, 6) is 0.0724. The highest BCUT2D eigenvalue weighted by Gasteiger charge is 2.29. The van der Waals surface area contributed by atoms with Gasteiger partial charge in [0.2, 0.25) is 5.91 Å². The summed E-state index contributed by atoms with van der Waals surface area (Å²) in [6, 6.07) is 11.7. The van der Waals surface area contributed by atoms with Crippen LogP contribution in [0.15, 0.2) is 36.4 Å². The number of benzene rings is 2. The van der Waals surface area contributed by atoms with Gasteiger partial charge in [0.15, 0.2) is 0 Å². The van der Waals surface area contributed by atoms with Crippen molar-refractivity contribution in [2.24, 2.45) is 0 Å². The molecule has 2 aromatic carbocycles. The van der Waals surface area contributed by atoms with Gasteiger partial charge in [-0.15, -0.1) is 0 Å². The van der Waals surface area contributed by atoms with Gasteiger partial charge in [-0.3, -0.25) is 9.59 Å². The van der Waals surface area contributed by atoms with E-state index >= 15 is 0 Å². The van der Waals surface area contributed by atoms with Crippen LogP contribution < -0.4 is 4.90 Å². The highest BCUT2D eigenvalue weighted by Crippen LogP contribution is 2.37. The Labute approximate surface area is 169 Å². The molecule has 0 bridgehead atoms. The number of piperazine rings is 1. The van der Waals surface area contributed by atoms with Crippen LogP contribution in [0.1, 0.15) is 30.1 Å². The molecular weight excluding hydrogens is 370 g/mol. The van der Waals surface area contributed by atoms with Crippen molar-refractivity contribution in [3.8, 4) is 0 Å². The largest absolute Gasteiger partial charge is 0.450 e. The third kappa shape index (κ3) is 3.64. The summed E-state index contributed by atoms with van der Waals surface area (Å²) in [7, 11) is 0. The Morgan fingerprint density at radius 3 is 2.41 bits per heavy atom. The van der Waals surface area contributed by atoms with Crippen molar-refractivity contribution in [2.75, 3.05) is 44.2 Å². The molecule has 3 amide bonds. The first-order valence-electron chi connectivity index (χ1n) is 10.1. The normalized spacial score (nSPS) is 15.9. The smallest absolute Gasteiger partial charge is 0.409 e. The van der Waals surface area contributed by atoms with E-state index < -0.39 is 0 Å². The Kier molecular flexibility index (Phi) is 5.38. The lowest BCUT2D eigenvalue weighted by molar-refractivity contribution is -0.132. The summed E-state index contributed by atoms with van der Waals surface area (Å²) in [5.41, 5.74) is 1.66. The van der Waals surface area contributed by atoms with E-state index in [0.29, 0.717) is 52.2 Å². The van der Waals surface area contributed by atoms with Crippen LogP contribution >= 0.6 is 0 Å². The lowest BCUT2D eigenvalue weighted by atomic mass is 10.1. The average Bonchev–Trinajstić information content (AvgIpc) is 3.02. The molecule has 0 radical (unpaired) electrons. The molecule has 2 aromatic rings. The van der Waals surface area contributed by atoms with E-state index in [4.69, 9.17) is 4.74 Å². The van der Waals surface area contributed by atoms with Gasteiger partial charge in [0.1, 0.15) is 0 Å². The van der Waals surface area contributed by atoms with Gasteiger partial charge in [-0.05, 0) is 30.9 Å². The summed E-state index contributed by atoms with van der Waals surface area (Å²) in [4.78, 5) is 42.3. The van der Waals surface area contributed by atoms with Gasteiger partial charge in [0.25, 0.3) is 5.91 Å². The molecule has 2 heterocycles. The van der Waals surface area contributed by atoms with Crippen molar-refractivity contribution in [1.82, 2.24) is 9.80 Å². The number of nitrogens with zero attached hydrogens (tertiary/aromatic N) is 3. The van der Waals surface area contributed by atoms with Gasteiger partial charge in [-0.2, -0.15) is 0 Å². The molecule has 152 valence electrons. The second-order valence-electron chi connectivity index (χ2n) is 7.31. The van der Waals surface area contributed by atoms with Crippen LogP contribution in [-0.4, -0.2) is 67.0 Å². The molecule has 4 rings (SSSR count). The summed E-state index contributed by atoms with van der Waals surface area (Å²) in [5, 5.41) is 2.06. The maximum absolute atomic E-state index is 12.8. The second-order valence-corrected chi connectivity index (χ2v) is 7.31. The number of amides is 3. The first kappa shape index (κ1) is 19.2. The van der Waals surface area contributed by atoms with Crippen LogP contribution in [0.2, 0.25) is 0 Å². The molecule has 1 saturated heterocycles. The number of hydrogen-bond donors (Lipinski definition) is 0. The predicted octanol–water partition coefficient (Wildman–Crippen LogP) is 2.88. The van der Waals surface area contributed by atoms with Crippen LogP contribution in [0.3, 0.4) is 0 Å². The molecule has 0 aromatic heterocycles. The van der Waals surface area contributed by atoms with Crippen molar-refractivity contribution in [2.45, 2.75) is 19.8 Å². The third-order valence-electron chi connectivity index (χ3n) is 5.58. The zero-order valence-corrected chi connectivity index (χ0v) is 16.6. The zero-order chi connectivity index (χ0) is 20.4. The molecule has 29 heavy (non-hydrogen) atoms. The SMILES string of the molecule is CCOC(=O)N1CCN(C(=O)CCCN2C(=O)c3cccc4cccc2c34)CC1. The van der Waals surface area contributed by atoms with E-state index in [1.165, 1.54) is 0 Å². The van der Waals surface area contributed by atoms with Crippen molar-refractivity contribution >= 4 is 34.4 Å². The Morgan fingerprint density at radius 2 is 1.69 bits per heavy atom. The highest BCUT2D eigenvalue weighted by atomic mass is 16.6. The van der Waals surface area contributed by atoms with E-state index in [9.17, 15) is 14.4 Å². The fourth-order valence-electron chi connectivity index (χ4n) is 4.10. The summed E-state index contributed by atoms with van der Waals surface area (Å²) < 4.78 is 5.01. The first-order valence-corrected chi connectivity index (χ1v) is 10.1. The first-order chi connectivity index (χ1) is 14.1. The molecule has 7 heteroatoms. The van der Waals surface area contributed by atoms with Crippen molar-refractivity contribution < 1.29 is 19.1 Å². The average molecular weight is 395 g/mol. The standard InChI is InChI=1S/C22H25N3O4/c1-2-29-22(28)24-14-12-23(13-15-24)19(26)10-5-11-25-18-9-4-7-16-6-3-8-17(20(16)18)21(25)27/h3-4,6-9H,2,5,10-15H2,1H3. The topological polar surface area (TPSA) is 70.2 Å². The van der Waals surface area contributed by atoms with Crippen molar-refractivity contribution in [3.63, 3.8) is 0 Å². The second kappa shape index (κ2) is 8.11. The lowest BCUT2D eigenvalue weighted by Crippen LogP contribution is -2.50. The summed E-state index contributed by atoms with van der Waals surface area (Å²) in [6.07, 6.45) is 0.670. The molecule has 2 aliphatic rings. The molecule has 0 unspecified atom stereocenters. The minimum Gasteiger partial charge on any atom is -0.450 e. The Hall–Kier alpha value is -3.09. The fraction of sp³-hybridized carbons (Fsp3) is 0.409. The van der Waals surface area contributed by atoms with E-state index in [1.54, 1.807) is 21.6 Å². The van der Waals surface area contributed by atoms with Crippen LogP contribution in [0.25, 0.3) is 10.8 Å². The van der Waals surface area contributed by atoms with Crippen LogP contribution in [0.4, 0.5) is 10.5 Å². The molecule has 0 aliphatic carbocycles. The number of ether oxygens (including phenoxy) is 1. The van der Waals surface area contributed by atoms with Crippen LogP contribution in [0, 0.1) is 0 Å². The zero-order valence-electron chi connectivity index (χ0n) is 16.6. The molecule has 0 atom stereocenters. The summed E-state index contributed by atoms with van der Waals surface area (Å²) in [6.45, 7) is 4.67. The third-order valence-corrected chi connectivity index (χ3v) is 5.58. The van der Waals surface area contributed by atoms with E-state index in [-0.39, 0.29) is 17.9 Å². The number of hydrogen-bond acceptors (Lipinski definition) is 4. The van der Waals surface area contributed by atoms with Crippen LogP contribution in [-0.2, 0) is 9.53 Å². The summed E-state index contributed by atoms with van der Waals surface area (Å²) >= 11 is 0. The van der Waals surface area contributed by atoms with E-state index in [2.05, 4.69) is 0 Å². The Morgan fingerprint density at radius 1 is 1.00 bits per heavy atom. The molecular formula is C22H25N3O4. The van der Waals surface area contributed by atoms with Crippen molar-refractivity contribution in [1.29, 1.82) is 0 Å². The minimum atomic E-state index is -0.319. The van der Waals surface area contributed by atoms with Gasteiger partial charge < -0.3 is 19.4 Å². The maximum Gasteiger partial charge on any atom is 0.409 e. The van der Waals surface area contributed by atoms with Crippen LogP contribution in [0.5, 0.6) is 0 Å². The quantitative estimate of drug-likeness (QED) is 0.781. The Balaban J connectivity index is 1.30. The molecule has 0 saturated carbocycles. The van der Waals surface area contributed by atoms with Gasteiger partial charge in [0, 0.05) is 50.1 Å². The minimum absolute atomic E-state index is 0.00676. The van der Waals surface area contributed by atoms with E-state index in [0.717, 1.165) is 22.0 Å². The van der Waals surface area contributed by atoms with Gasteiger partial charge in [0.05, 0.1) is 12.3 Å². The molecule has 0 N–H and O–H groups in total. The van der Waals surface area contributed by atoms with Crippen molar-refractivity contribution in [3.05, 3.63) is 42.0 Å². The monoisotopic (exact) mass is 395 g/mol. The molecule has 0 spiro atoms.